The van der Waals surface area contributed by atoms with E-state index in [0.717, 1.165) is 10.5 Å². The van der Waals surface area contributed by atoms with E-state index < -0.39 is 11.8 Å². The Morgan fingerprint density at radius 2 is 1.62 bits per heavy atom. The van der Waals surface area contributed by atoms with Crippen LogP contribution in [-0.4, -0.2) is 18.9 Å². The first-order chi connectivity index (χ1) is 12.3. The minimum atomic E-state index is -0.661. The summed E-state index contributed by atoms with van der Waals surface area (Å²) in [5, 5.41) is 3.62. The summed E-state index contributed by atoms with van der Waals surface area (Å²) in [6.07, 6.45) is 0. The third-order valence-electron chi connectivity index (χ3n) is 3.86. The van der Waals surface area contributed by atoms with Crippen molar-refractivity contribution >= 4 is 58.0 Å². The molecule has 0 unspecified atom stereocenters. The number of halogens is 3. The predicted molar refractivity (Wildman–Crippen MR) is 103 cm³/mol. The molecule has 134 valence electrons. The highest BCUT2D eigenvalue weighted by atomic mass is 35.5. The Balaban J connectivity index is 1.99. The Morgan fingerprint density at radius 1 is 0.962 bits per heavy atom. The van der Waals surface area contributed by atoms with E-state index in [2.05, 4.69) is 5.32 Å². The molecular formula is C18H13Cl3N2O3. The summed E-state index contributed by atoms with van der Waals surface area (Å²) in [6.45, 7) is 1.82. The number of rotatable bonds is 4. The van der Waals surface area contributed by atoms with Crippen LogP contribution in [0.4, 0.5) is 11.4 Å². The van der Waals surface area contributed by atoms with Crippen LogP contribution < -0.4 is 15.0 Å². The van der Waals surface area contributed by atoms with Crippen molar-refractivity contribution in [2.75, 3.05) is 17.3 Å². The number of methoxy groups -OCH3 is 1. The van der Waals surface area contributed by atoms with Gasteiger partial charge in [0.25, 0.3) is 11.8 Å². The standard InChI is InChI=1S/C18H13Cl3N2O3/c1-9-7-10(19)3-5-12(9)22-16-15(21)17(24)23(18(16)25)13-8-11(20)4-6-14(13)26-2/h3-8,22H,1-2H3. The van der Waals surface area contributed by atoms with Gasteiger partial charge >= 0.3 is 0 Å². The normalized spacial score (nSPS) is 14.3. The van der Waals surface area contributed by atoms with E-state index in [1.165, 1.54) is 13.2 Å². The Hall–Kier alpha value is -2.21. The molecule has 3 rings (SSSR count). The number of carbonyl (C=O) groups is 2. The van der Waals surface area contributed by atoms with Gasteiger partial charge in [0.2, 0.25) is 0 Å². The number of nitrogens with one attached hydrogen (secondary N) is 1. The highest BCUT2D eigenvalue weighted by Crippen LogP contribution is 2.37. The van der Waals surface area contributed by atoms with E-state index in [1.807, 2.05) is 6.92 Å². The van der Waals surface area contributed by atoms with Crippen LogP contribution >= 0.6 is 34.8 Å². The van der Waals surface area contributed by atoms with Crippen LogP contribution in [0.25, 0.3) is 0 Å². The number of hydrogen-bond acceptors (Lipinski definition) is 4. The largest absolute Gasteiger partial charge is 0.495 e. The van der Waals surface area contributed by atoms with E-state index in [0.29, 0.717) is 21.5 Å². The number of anilines is 2. The van der Waals surface area contributed by atoms with Crippen molar-refractivity contribution in [3.05, 3.63) is 62.7 Å². The predicted octanol–water partition coefficient (Wildman–Crippen LogP) is 4.75. The summed E-state index contributed by atoms with van der Waals surface area (Å²) in [5.41, 5.74) is 1.61. The first kappa shape index (κ1) is 18.6. The van der Waals surface area contributed by atoms with Crippen molar-refractivity contribution in [2.24, 2.45) is 0 Å². The monoisotopic (exact) mass is 410 g/mol. The molecular weight excluding hydrogens is 399 g/mol. The Morgan fingerprint density at radius 3 is 2.27 bits per heavy atom. The summed E-state index contributed by atoms with van der Waals surface area (Å²) in [5.74, 6) is -0.939. The molecule has 1 heterocycles. The van der Waals surface area contributed by atoms with Crippen LogP contribution in [0.15, 0.2) is 47.1 Å². The minimum Gasteiger partial charge on any atom is -0.495 e. The molecule has 0 radical (unpaired) electrons. The van der Waals surface area contributed by atoms with Crippen LogP contribution in [0.3, 0.4) is 0 Å². The topological polar surface area (TPSA) is 58.6 Å². The molecule has 1 N–H and O–H groups in total. The summed E-state index contributed by atoms with van der Waals surface area (Å²) in [6, 6.07) is 9.74. The lowest BCUT2D eigenvalue weighted by Crippen LogP contribution is -2.32. The van der Waals surface area contributed by atoms with Crippen LogP contribution in [-0.2, 0) is 9.59 Å². The Labute approximate surface area is 165 Å². The molecule has 0 atom stereocenters. The van der Waals surface area contributed by atoms with E-state index in [1.54, 1.807) is 30.3 Å². The maximum Gasteiger partial charge on any atom is 0.283 e. The van der Waals surface area contributed by atoms with E-state index in [-0.39, 0.29) is 16.4 Å². The molecule has 2 aromatic carbocycles. The molecule has 2 aromatic rings. The number of benzene rings is 2. The molecule has 8 heteroatoms. The molecule has 1 aliphatic rings. The van der Waals surface area contributed by atoms with Crippen LogP contribution in [0.5, 0.6) is 5.75 Å². The Kier molecular flexibility index (Phi) is 5.14. The fourth-order valence-electron chi connectivity index (χ4n) is 2.57. The van der Waals surface area contributed by atoms with Crippen molar-refractivity contribution < 1.29 is 14.3 Å². The lowest BCUT2D eigenvalue weighted by molar-refractivity contribution is -0.120. The number of ether oxygens (including phenoxy) is 1. The van der Waals surface area contributed by atoms with Crippen molar-refractivity contribution in [1.29, 1.82) is 0 Å². The number of carbonyl (C=O) groups excluding carboxylic acids is 2. The van der Waals surface area contributed by atoms with E-state index >= 15 is 0 Å². The average molecular weight is 412 g/mol. The second kappa shape index (κ2) is 7.19. The zero-order chi connectivity index (χ0) is 19.0. The van der Waals surface area contributed by atoms with Crippen LogP contribution in [0, 0.1) is 6.92 Å². The highest BCUT2D eigenvalue weighted by molar-refractivity contribution is 6.53. The van der Waals surface area contributed by atoms with Gasteiger partial charge in [-0.2, -0.15) is 0 Å². The smallest absolute Gasteiger partial charge is 0.283 e. The number of nitrogens with zero attached hydrogens (tertiary/aromatic N) is 1. The fourth-order valence-corrected chi connectivity index (χ4v) is 3.18. The van der Waals surface area contributed by atoms with Gasteiger partial charge in [-0.15, -0.1) is 0 Å². The summed E-state index contributed by atoms with van der Waals surface area (Å²) in [7, 11) is 1.43. The zero-order valence-corrected chi connectivity index (χ0v) is 16.0. The van der Waals surface area contributed by atoms with Crippen molar-refractivity contribution in [1.82, 2.24) is 0 Å². The number of amides is 2. The Bertz CT molecular complexity index is 957. The minimum absolute atomic E-state index is 0.0240. The third-order valence-corrected chi connectivity index (χ3v) is 4.68. The summed E-state index contributed by atoms with van der Waals surface area (Å²) in [4.78, 5) is 26.4. The fraction of sp³-hybridized carbons (Fsp3) is 0.111. The molecule has 0 saturated carbocycles. The maximum atomic E-state index is 12.9. The third kappa shape index (κ3) is 3.26. The van der Waals surface area contributed by atoms with Gasteiger partial charge in [0, 0.05) is 15.7 Å². The van der Waals surface area contributed by atoms with Crippen LogP contribution in [0.2, 0.25) is 10.0 Å². The number of hydrogen-bond donors (Lipinski definition) is 1. The number of aryl methyl sites for hydroxylation is 1. The van der Waals surface area contributed by atoms with Gasteiger partial charge in [-0.25, -0.2) is 4.90 Å². The highest BCUT2D eigenvalue weighted by Gasteiger charge is 2.40. The van der Waals surface area contributed by atoms with Gasteiger partial charge < -0.3 is 10.1 Å². The SMILES string of the molecule is COc1ccc(Cl)cc1N1C(=O)C(Cl)=C(Nc2ccc(Cl)cc2C)C1=O. The van der Waals surface area contributed by atoms with E-state index in [4.69, 9.17) is 39.5 Å². The second-order valence-electron chi connectivity index (χ2n) is 5.54. The molecule has 26 heavy (non-hydrogen) atoms. The molecule has 0 aliphatic carbocycles. The van der Waals surface area contributed by atoms with E-state index in [9.17, 15) is 9.59 Å². The van der Waals surface area contributed by atoms with Crippen molar-refractivity contribution in [3.8, 4) is 5.75 Å². The average Bonchev–Trinajstić information content (AvgIpc) is 2.80. The summed E-state index contributed by atoms with van der Waals surface area (Å²) >= 11 is 18.1. The molecule has 1 aliphatic heterocycles. The molecule has 5 nitrogen and oxygen atoms in total. The molecule has 0 fully saturated rings. The van der Waals surface area contributed by atoms with Gasteiger partial charge in [-0.05, 0) is 48.9 Å². The molecule has 0 bridgehead atoms. The van der Waals surface area contributed by atoms with Gasteiger partial charge in [-0.3, -0.25) is 9.59 Å². The first-order valence-corrected chi connectivity index (χ1v) is 8.62. The first-order valence-electron chi connectivity index (χ1n) is 7.48. The number of imide groups is 1. The molecule has 0 saturated heterocycles. The van der Waals surface area contributed by atoms with Gasteiger partial charge in [0.05, 0.1) is 12.8 Å². The van der Waals surface area contributed by atoms with Gasteiger partial charge in [0.15, 0.2) is 0 Å². The van der Waals surface area contributed by atoms with Gasteiger partial charge in [0.1, 0.15) is 16.5 Å². The summed E-state index contributed by atoms with van der Waals surface area (Å²) < 4.78 is 5.23. The lowest BCUT2D eigenvalue weighted by atomic mass is 10.2. The van der Waals surface area contributed by atoms with Crippen molar-refractivity contribution in [3.63, 3.8) is 0 Å². The maximum absolute atomic E-state index is 12.9. The quantitative estimate of drug-likeness (QED) is 0.738. The zero-order valence-electron chi connectivity index (χ0n) is 13.8. The molecule has 2 amide bonds. The lowest BCUT2D eigenvalue weighted by Gasteiger charge is -2.18. The van der Waals surface area contributed by atoms with Gasteiger partial charge in [-0.1, -0.05) is 34.8 Å². The van der Waals surface area contributed by atoms with Crippen molar-refractivity contribution in [2.45, 2.75) is 6.92 Å². The molecule has 0 spiro atoms. The van der Waals surface area contributed by atoms with Crippen LogP contribution in [0.1, 0.15) is 5.56 Å². The molecule has 0 aromatic heterocycles. The second-order valence-corrected chi connectivity index (χ2v) is 6.79.